The van der Waals surface area contributed by atoms with Crippen LogP contribution in [0.25, 0.3) is 0 Å². The molecule has 7 nitrogen and oxygen atoms in total. The van der Waals surface area contributed by atoms with Crippen molar-refractivity contribution in [3.05, 3.63) is 0 Å². The second-order valence-electron chi connectivity index (χ2n) is 6.02. The van der Waals surface area contributed by atoms with Crippen molar-refractivity contribution in [1.29, 1.82) is 0 Å². The molecule has 0 atom stereocenters. The number of nitrogens with zero attached hydrogens (tertiary/aromatic N) is 4. The predicted octanol–water partition coefficient (Wildman–Crippen LogP) is 1.82. The Morgan fingerprint density at radius 2 is 2.00 bits per heavy atom. The van der Waals surface area contributed by atoms with Crippen LogP contribution >= 0.6 is 34.7 Å². The van der Waals surface area contributed by atoms with Gasteiger partial charge in [0.2, 0.25) is 16.9 Å². The first-order valence-corrected chi connectivity index (χ1v) is 10.7. The van der Waals surface area contributed by atoms with Crippen LogP contribution in [0.4, 0.5) is 5.13 Å². The van der Waals surface area contributed by atoms with Gasteiger partial charge in [0.1, 0.15) is 0 Å². The number of hydrogen-bond acceptors (Lipinski definition) is 7. The zero-order valence-electron chi connectivity index (χ0n) is 14.5. The highest BCUT2D eigenvalue weighted by molar-refractivity contribution is 8.01. The first-order valence-electron chi connectivity index (χ1n) is 8.34. The molecule has 0 saturated carbocycles. The predicted molar refractivity (Wildman–Crippen MR) is 103 cm³/mol. The fraction of sp³-hybridized carbons (Fsp3) is 0.733. The molecule has 25 heavy (non-hydrogen) atoms. The minimum absolute atomic E-state index is 0.000762. The number of hydrogen-bond donors (Lipinski definition) is 1. The van der Waals surface area contributed by atoms with E-state index in [9.17, 15) is 9.59 Å². The van der Waals surface area contributed by atoms with Gasteiger partial charge in [-0.05, 0) is 20.3 Å². The van der Waals surface area contributed by atoms with Crippen molar-refractivity contribution >= 4 is 51.6 Å². The van der Waals surface area contributed by atoms with Crippen molar-refractivity contribution in [3.63, 3.8) is 0 Å². The second-order valence-corrected chi connectivity index (χ2v) is 8.58. The molecule has 0 radical (unpaired) electrons. The summed E-state index contributed by atoms with van der Waals surface area (Å²) in [6.45, 7) is 6.76. The van der Waals surface area contributed by atoms with Crippen molar-refractivity contribution in [2.75, 3.05) is 42.7 Å². The van der Waals surface area contributed by atoms with Crippen molar-refractivity contribution in [2.45, 2.75) is 37.1 Å². The molecule has 140 valence electrons. The maximum atomic E-state index is 12.0. The van der Waals surface area contributed by atoms with Gasteiger partial charge in [0, 0.05) is 44.5 Å². The van der Waals surface area contributed by atoms with Crippen LogP contribution < -0.4 is 10.2 Å². The van der Waals surface area contributed by atoms with Gasteiger partial charge in [0.05, 0.1) is 5.75 Å². The summed E-state index contributed by atoms with van der Waals surface area (Å²) in [5, 5.41) is 12.1. The van der Waals surface area contributed by atoms with Crippen LogP contribution in [0.15, 0.2) is 4.34 Å². The maximum absolute atomic E-state index is 12.0. The summed E-state index contributed by atoms with van der Waals surface area (Å²) >= 11 is 8.53. The highest BCUT2D eigenvalue weighted by atomic mass is 35.5. The molecule has 2 amide bonds. The summed E-state index contributed by atoms with van der Waals surface area (Å²) in [4.78, 5) is 27.7. The molecule has 1 fully saturated rings. The Bertz CT molecular complexity index is 576. The third kappa shape index (κ3) is 6.63. The van der Waals surface area contributed by atoms with Gasteiger partial charge in [0.25, 0.3) is 0 Å². The highest BCUT2D eigenvalue weighted by Crippen LogP contribution is 2.28. The monoisotopic (exact) mass is 405 g/mol. The van der Waals surface area contributed by atoms with E-state index < -0.39 is 0 Å². The fourth-order valence-electron chi connectivity index (χ4n) is 2.40. The number of anilines is 1. The lowest BCUT2D eigenvalue weighted by Crippen LogP contribution is -2.48. The normalized spacial score (nSPS) is 14.9. The summed E-state index contributed by atoms with van der Waals surface area (Å²) in [6.07, 6.45) is 1.24. The molecule has 1 saturated heterocycles. The van der Waals surface area contributed by atoms with Gasteiger partial charge >= 0.3 is 0 Å². The smallest absolute Gasteiger partial charge is 0.230 e. The molecule has 1 aliphatic rings. The quantitative estimate of drug-likeness (QED) is 0.525. The molecule has 0 unspecified atom stereocenters. The molecule has 0 spiro atoms. The number of carbonyl (C=O) groups excluding carboxylic acids is 2. The Labute approximate surface area is 161 Å². The van der Waals surface area contributed by atoms with Crippen LogP contribution in [0.1, 0.15) is 26.7 Å². The number of alkyl halides is 1. The van der Waals surface area contributed by atoms with Gasteiger partial charge in [-0.2, -0.15) is 0 Å². The van der Waals surface area contributed by atoms with E-state index in [1.165, 1.54) is 23.1 Å². The first-order chi connectivity index (χ1) is 12.0. The molecule has 0 aromatic carbocycles. The molecule has 1 aromatic heterocycles. The summed E-state index contributed by atoms with van der Waals surface area (Å²) < 4.78 is 0.787. The Kier molecular flexibility index (Phi) is 8.25. The summed E-state index contributed by atoms with van der Waals surface area (Å²) in [5.74, 6) is 1.03. The molecule has 1 aliphatic heterocycles. The van der Waals surface area contributed by atoms with E-state index in [-0.39, 0.29) is 17.9 Å². The number of thioether (sulfide) groups is 1. The standard InChI is InChI=1S/C15H24ClN5O2S2/c1-11(2)17-12(22)10-24-15-19-18-14(25-15)21-8-6-20(7-9-21)13(23)4-3-5-16/h11H,3-10H2,1-2H3,(H,17,22). The summed E-state index contributed by atoms with van der Waals surface area (Å²) in [6, 6.07) is 0.140. The van der Waals surface area contributed by atoms with E-state index >= 15 is 0 Å². The van der Waals surface area contributed by atoms with E-state index in [0.29, 0.717) is 31.1 Å². The average molecular weight is 406 g/mol. The van der Waals surface area contributed by atoms with E-state index in [0.717, 1.165) is 29.0 Å². The summed E-state index contributed by atoms with van der Waals surface area (Å²) in [5.41, 5.74) is 0. The SMILES string of the molecule is CC(C)NC(=O)CSc1nnc(N2CCN(C(=O)CCCCl)CC2)s1. The number of rotatable bonds is 8. The van der Waals surface area contributed by atoms with Crippen LogP contribution in [-0.2, 0) is 9.59 Å². The van der Waals surface area contributed by atoms with Gasteiger partial charge in [-0.15, -0.1) is 21.8 Å². The average Bonchev–Trinajstić information content (AvgIpc) is 3.06. The topological polar surface area (TPSA) is 78.4 Å². The zero-order valence-corrected chi connectivity index (χ0v) is 16.9. The van der Waals surface area contributed by atoms with E-state index in [2.05, 4.69) is 20.4 Å². The van der Waals surface area contributed by atoms with Crippen molar-refractivity contribution < 1.29 is 9.59 Å². The van der Waals surface area contributed by atoms with Crippen molar-refractivity contribution in [1.82, 2.24) is 20.4 Å². The van der Waals surface area contributed by atoms with Crippen molar-refractivity contribution in [3.8, 4) is 0 Å². The van der Waals surface area contributed by atoms with Crippen LogP contribution in [0, 0.1) is 0 Å². The van der Waals surface area contributed by atoms with Crippen LogP contribution in [0.3, 0.4) is 0 Å². The largest absolute Gasteiger partial charge is 0.353 e. The number of halogens is 1. The Morgan fingerprint density at radius 3 is 2.64 bits per heavy atom. The summed E-state index contributed by atoms with van der Waals surface area (Å²) in [7, 11) is 0. The van der Waals surface area contributed by atoms with Gasteiger partial charge in [0.15, 0.2) is 4.34 Å². The lowest BCUT2D eigenvalue weighted by atomic mass is 10.2. The molecule has 0 bridgehead atoms. The van der Waals surface area contributed by atoms with E-state index in [1.54, 1.807) is 0 Å². The van der Waals surface area contributed by atoms with Crippen LogP contribution in [-0.4, -0.2) is 70.8 Å². The number of carbonyl (C=O) groups is 2. The number of aromatic nitrogens is 2. The third-order valence-electron chi connectivity index (χ3n) is 3.60. The number of piperazine rings is 1. The van der Waals surface area contributed by atoms with E-state index in [4.69, 9.17) is 11.6 Å². The molecule has 2 rings (SSSR count). The fourth-order valence-corrected chi connectivity index (χ4v) is 4.24. The zero-order chi connectivity index (χ0) is 18.2. The Morgan fingerprint density at radius 1 is 1.28 bits per heavy atom. The maximum Gasteiger partial charge on any atom is 0.230 e. The highest BCUT2D eigenvalue weighted by Gasteiger charge is 2.23. The molecule has 1 N–H and O–H groups in total. The van der Waals surface area contributed by atoms with Gasteiger partial charge in [-0.1, -0.05) is 23.1 Å². The third-order valence-corrected chi connectivity index (χ3v) is 5.98. The van der Waals surface area contributed by atoms with Gasteiger partial charge in [-0.3, -0.25) is 9.59 Å². The first kappa shape index (κ1) is 20.3. The minimum Gasteiger partial charge on any atom is -0.353 e. The lowest BCUT2D eigenvalue weighted by molar-refractivity contribution is -0.131. The Balaban J connectivity index is 1.77. The minimum atomic E-state index is 0.000762. The van der Waals surface area contributed by atoms with E-state index in [1.807, 2.05) is 18.7 Å². The lowest BCUT2D eigenvalue weighted by Gasteiger charge is -2.34. The molecule has 10 heteroatoms. The van der Waals surface area contributed by atoms with Gasteiger partial charge < -0.3 is 15.1 Å². The Hall–Kier alpha value is -1.06. The second kappa shape index (κ2) is 10.2. The van der Waals surface area contributed by atoms with Crippen molar-refractivity contribution in [2.24, 2.45) is 0 Å². The molecule has 1 aromatic rings. The number of nitrogens with one attached hydrogen (secondary N) is 1. The molecular formula is C15H24ClN5O2S2. The molecular weight excluding hydrogens is 382 g/mol. The number of amides is 2. The van der Waals surface area contributed by atoms with Crippen LogP contribution in [0.2, 0.25) is 0 Å². The molecule has 0 aliphatic carbocycles. The molecule has 2 heterocycles. The van der Waals surface area contributed by atoms with Gasteiger partial charge in [-0.25, -0.2) is 0 Å². The van der Waals surface area contributed by atoms with Crippen LogP contribution in [0.5, 0.6) is 0 Å².